The third-order valence-electron chi connectivity index (χ3n) is 6.33. The number of aromatic amines is 1. The van der Waals surface area contributed by atoms with Crippen molar-refractivity contribution >= 4 is 29.8 Å². The molecule has 0 bridgehead atoms. The van der Waals surface area contributed by atoms with Gasteiger partial charge in [-0.15, -0.1) is 0 Å². The third-order valence-corrected chi connectivity index (χ3v) is 6.33. The fourth-order valence-corrected chi connectivity index (χ4v) is 4.71. The topological polar surface area (TPSA) is 145 Å². The molecule has 0 aromatic carbocycles. The minimum absolute atomic E-state index is 0.0729. The number of nitrogens with zero attached hydrogens (tertiary/aromatic N) is 3. The molecule has 0 radical (unpaired) electrons. The lowest BCUT2D eigenvalue weighted by Gasteiger charge is -2.40. The fraction of sp³-hybridized carbons (Fsp3) is 0.524. The number of rotatable bonds is 3. The van der Waals surface area contributed by atoms with E-state index in [1.807, 2.05) is 0 Å². The van der Waals surface area contributed by atoms with Crippen molar-refractivity contribution in [2.75, 3.05) is 26.2 Å². The average Bonchev–Trinajstić information content (AvgIpc) is 3.14. The molecule has 5 amide bonds. The van der Waals surface area contributed by atoms with Gasteiger partial charge in [0.15, 0.2) is 0 Å². The number of carbonyl (C=O) groups is 4. The van der Waals surface area contributed by atoms with E-state index in [-0.39, 0.29) is 29.2 Å². The van der Waals surface area contributed by atoms with Crippen LogP contribution in [0.3, 0.4) is 0 Å². The molecule has 32 heavy (non-hydrogen) atoms. The Morgan fingerprint density at radius 3 is 2.69 bits per heavy atom. The van der Waals surface area contributed by atoms with Gasteiger partial charge < -0.3 is 20.1 Å². The molecule has 11 heteroatoms. The number of aryl methyl sites for hydroxylation is 1. The summed E-state index contributed by atoms with van der Waals surface area (Å²) in [4.78, 5) is 70.8. The van der Waals surface area contributed by atoms with Crippen molar-refractivity contribution in [2.24, 2.45) is 5.41 Å². The summed E-state index contributed by atoms with van der Waals surface area (Å²) in [6.45, 7) is 3.81. The highest BCUT2D eigenvalue weighted by Crippen LogP contribution is 2.39. The van der Waals surface area contributed by atoms with E-state index in [2.05, 4.69) is 20.6 Å². The van der Waals surface area contributed by atoms with Crippen LogP contribution in [-0.4, -0.2) is 75.7 Å². The number of amides is 5. The molecule has 3 fully saturated rings. The first-order chi connectivity index (χ1) is 15.2. The average molecular weight is 442 g/mol. The molecule has 3 aliphatic rings. The van der Waals surface area contributed by atoms with E-state index in [1.54, 1.807) is 16.7 Å². The zero-order valence-corrected chi connectivity index (χ0v) is 17.8. The maximum atomic E-state index is 12.8. The molecule has 4 heterocycles. The molecule has 3 aliphatic heterocycles. The van der Waals surface area contributed by atoms with Gasteiger partial charge in [0.1, 0.15) is 11.9 Å². The van der Waals surface area contributed by atoms with Crippen LogP contribution in [0.25, 0.3) is 6.08 Å². The summed E-state index contributed by atoms with van der Waals surface area (Å²) in [5.41, 5.74) is -0.196. The molecule has 0 saturated carbocycles. The Hall–Kier alpha value is -3.50. The van der Waals surface area contributed by atoms with Crippen molar-refractivity contribution in [3.8, 4) is 0 Å². The second kappa shape index (κ2) is 8.56. The van der Waals surface area contributed by atoms with E-state index in [4.69, 9.17) is 0 Å². The van der Waals surface area contributed by atoms with Gasteiger partial charge in [-0.3, -0.25) is 24.5 Å². The number of piperidine rings is 1. The van der Waals surface area contributed by atoms with Crippen molar-refractivity contribution < 1.29 is 19.2 Å². The lowest BCUT2D eigenvalue weighted by Crippen LogP contribution is -2.58. The van der Waals surface area contributed by atoms with Gasteiger partial charge in [-0.2, -0.15) is 0 Å². The van der Waals surface area contributed by atoms with Crippen LogP contribution < -0.4 is 16.2 Å². The molecule has 1 aromatic rings. The summed E-state index contributed by atoms with van der Waals surface area (Å²) in [5, 5.41) is 4.64. The molecule has 1 aromatic heterocycles. The second-order valence-corrected chi connectivity index (χ2v) is 8.74. The first-order valence-corrected chi connectivity index (χ1v) is 10.7. The van der Waals surface area contributed by atoms with E-state index in [9.17, 15) is 24.0 Å². The highest BCUT2D eigenvalue weighted by Gasteiger charge is 2.45. The smallest absolute Gasteiger partial charge is 0.322 e. The van der Waals surface area contributed by atoms with Crippen LogP contribution in [0.5, 0.6) is 0 Å². The Bertz CT molecular complexity index is 1030. The van der Waals surface area contributed by atoms with Crippen LogP contribution in [0.1, 0.15) is 37.1 Å². The quantitative estimate of drug-likeness (QED) is 0.540. The summed E-state index contributed by atoms with van der Waals surface area (Å²) in [5.74, 6) is -0.417. The zero-order valence-electron chi connectivity index (χ0n) is 17.8. The van der Waals surface area contributed by atoms with Crippen molar-refractivity contribution in [1.29, 1.82) is 0 Å². The van der Waals surface area contributed by atoms with Gasteiger partial charge >= 0.3 is 6.03 Å². The van der Waals surface area contributed by atoms with E-state index < -0.39 is 18.0 Å². The van der Waals surface area contributed by atoms with Crippen molar-refractivity contribution in [1.82, 2.24) is 30.4 Å². The van der Waals surface area contributed by atoms with E-state index >= 15 is 0 Å². The van der Waals surface area contributed by atoms with Crippen molar-refractivity contribution in [3.63, 3.8) is 0 Å². The number of aromatic nitrogens is 2. The number of nitrogens with one attached hydrogen (secondary N) is 3. The predicted octanol–water partition coefficient (Wildman–Crippen LogP) is -0.469. The molecule has 1 spiro atoms. The lowest BCUT2D eigenvalue weighted by molar-refractivity contribution is -0.136. The fourth-order valence-electron chi connectivity index (χ4n) is 4.71. The molecule has 0 aliphatic carbocycles. The van der Waals surface area contributed by atoms with Crippen molar-refractivity contribution in [2.45, 2.75) is 38.6 Å². The van der Waals surface area contributed by atoms with Gasteiger partial charge in [-0.25, -0.2) is 9.78 Å². The summed E-state index contributed by atoms with van der Waals surface area (Å²) in [6, 6.07) is -1.51. The minimum atomic E-state index is -0.850. The Kier molecular flexibility index (Phi) is 5.81. The van der Waals surface area contributed by atoms with Gasteiger partial charge in [0.2, 0.25) is 17.7 Å². The zero-order chi connectivity index (χ0) is 22.9. The SMILES string of the molecule is Cc1ncc(/C=C/C(=O)N2CCCC3(CCN(C(=O)[C@@H]4CC(=O)NC(=O)N4)C3)C2)c(=O)[nH]1. The van der Waals surface area contributed by atoms with Crippen LogP contribution in [0.2, 0.25) is 0 Å². The predicted molar refractivity (Wildman–Crippen MR) is 113 cm³/mol. The maximum Gasteiger partial charge on any atom is 0.322 e. The van der Waals surface area contributed by atoms with Gasteiger partial charge in [0.05, 0.1) is 12.0 Å². The minimum Gasteiger partial charge on any atom is -0.340 e. The second-order valence-electron chi connectivity index (χ2n) is 8.74. The monoisotopic (exact) mass is 442 g/mol. The van der Waals surface area contributed by atoms with Crippen LogP contribution in [0, 0.1) is 12.3 Å². The molecular weight excluding hydrogens is 416 g/mol. The molecule has 3 saturated heterocycles. The van der Waals surface area contributed by atoms with Crippen LogP contribution in [0.4, 0.5) is 4.79 Å². The highest BCUT2D eigenvalue weighted by atomic mass is 16.2. The Morgan fingerprint density at radius 2 is 1.94 bits per heavy atom. The van der Waals surface area contributed by atoms with Crippen LogP contribution in [0.15, 0.2) is 17.1 Å². The standard InChI is InChI=1S/C21H26N6O5/c1-13-22-10-14(18(30)23-13)3-4-17(29)26-7-2-5-21(11-26)6-8-27(12-21)19(31)15-9-16(28)25-20(32)24-15/h3-4,10,15H,2,5-9,11-12H2,1H3,(H,22,23,30)(H2,24,25,28,32)/b4-3+/t15-,21?/m0/s1. The van der Waals surface area contributed by atoms with E-state index in [0.29, 0.717) is 37.6 Å². The Labute approximate surface area is 184 Å². The summed E-state index contributed by atoms with van der Waals surface area (Å²) >= 11 is 0. The number of imide groups is 1. The first kappa shape index (κ1) is 21.7. The molecule has 2 atom stereocenters. The molecule has 11 nitrogen and oxygen atoms in total. The summed E-state index contributed by atoms with van der Waals surface area (Å²) in [7, 11) is 0. The molecule has 170 valence electrons. The number of carbonyl (C=O) groups excluding carboxylic acids is 4. The first-order valence-electron chi connectivity index (χ1n) is 10.7. The summed E-state index contributed by atoms with van der Waals surface area (Å²) in [6.07, 6.45) is 6.67. The third kappa shape index (κ3) is 4.56. The van der Waals surface area contributed by atoms with Gasteiger partial charge in [0, 0.05) is 43.9 Å². The van der Waals surface area contributed by atoms with Gasteiger partial charge in [-0.05, 0) is 32.3 Å². The Balaban J connectivity index is 1.39. The lowest BCUT2D eigenvalue weighted by atomic mass is 9.79. The molecule has 3 N–H and O–H groups in total. The molecular formula is C21H26N6O5. The van der Waals surface area contributed by atoms with Crippen LogP contribution in [-0.2, 0) is 14.4 Å². The van der Waals surface area contributed by atoms with E-state index in [0.717, 1.165) is 19.3 Å². The molecule has 4 rings (SSSR count). The normalized spacial score (nSPS) is 25.8. The van der Waals surface area contributed by atoms with E-state index in [1.165, 1.54) is 18.3 Å². The maximum absolute atomic E-state index is 12.8. The largest absolute Gasteiger partial charge is 0.340 e. The van der Waals surface area contributed by atoms with Crippen molar-refractivity contribution in [3.05, 3.63) is 34.0 Å². The number of hydrogen-bond acceptors (Lipinski definition) is 6. The van der Waals surface area contributed by atoms with Gasteiger partial charge in [-0.1, -0.05) is 0 Å². The Morgan fingerprint density at radius 1 is 1.16 bits per heavy atom. The van der Waals surface area contributed by atoms with Crippen LogP contribution >= 0.6 is 0 Å². The summed E-state index contributed by atoms with van der Waals surface area (Å²) < 4.78 is 0. The number of urea groups is 1. The van der Waals surface area contributed by atoms with Gasteiger partial charge in [0.25, 0.3) is 5.56 Å². The number of hydrogen-bond donors (Lipinski definition) is 3. The number of H-pyrrole nitrogens is 1. The highest BCUT2D eigenvalue weighted by molar-refractivity contribution is 6.02. The molecule has 1 unspecified atom stereocenters. The number of likely N-dealkylation sites (tertiary alicyclic amines) is 2.